The number of hydrogen-bond donors (Lipinski definition) is 0. The van der Waals surface area contributed by atoms with E-state index in [1.165, 1.54) is 6.26 Å². The molecule has 98 valence electrons. The Balaban J connectivity index is 2.40. The van der Waals surface area contributed by atoms with Gasteiger partial charge in [-0.15, -0.1) is 0 Å². The number of carbonyl (C=O) groups excluding carboxylic acids is 1. The molecule has 0 spiro atoms. The molecule has 0 aliphatic rings. The minimum Gasteiger partial charge on any atom is -0.457 e. The minimum absolute atomic E-state index is 0.201. The Morgan fingerprint density at radius 3 is 2.78 bits per heavy atom. The van der Waals surface area contributed by atoms with E-state index in [2.05, 4.69) is 30.6 Å². The highest BCUT2D eigenvalue weighted by Crippen LogP contribution is 2.04. The zero-order chi connectivity index (χ0) is 13.4. The van der Waals surface area contributed by atoms with E-state index in [0.29, 0.717) is 6.54 Å². The van der Waals surface area contributed by atoms with Crippen LogP contribution in [-0.4, -0.2) is 36.6 Å². The van der Waals surface area contributed by atoms with E-state index in [0.717, 1.165) is 13.1 Å². The molecule has 1 rings (SSSR count). The summed E-state index contributed by atoms with van der Waals surface area (Å²) in [6.07, 6.45) is 1.01. The van der Waals surface area contributed by atoms with Gasteiger partial charge >= 0.3 is 5.97 Å². The standard InChI is InChI=1S/C14H19NO3/c1-4-15(5-2)10-6-8-12(3)18-14(16)13-9-7-11-17-13/h7,9,11-12H,4-5,10H2,1-3H3. The zero-order valence-electron chi connectivity index (χ0n) is 11.1. The van der Waals surface area contributed by atoms with E-state index in [1.807, 2.05) is 0 Å². The van der Waals surface area contributed by atoms with Crippen LogP contribution in [-0.2, 0) is 4.74 Å². The highest BCUT2D eigenvalue weighted by atomic mass is 16.6. The first-order valence-electron chi connectivity index (χ1n) is 6.12. The second kappa shape index (κ2) is 7.57. The summed E-state index contributed by atoms with van der Waals surface area (Å²) < 4.78 is 10.1. The third-order valence-corrected chi connectivity index (χ3v) is 2.51. The third kappa shape index (κ3) is 4.64. The van der Waals surface area contributed by atoms with Crippen molar-refractivity contribution in [2.24, 2.45) is 0 Å². The van der Waals surface area contributed by atoms with Crippen LogP contribution in [0.2, 0.25) is 0 Å². The first-order chi connectivity index (χ1) is 8.67. The zero-order valence-corrected chi connectivity index (χ0v) is 11.1. The molecule has 0 saturated heterocycles. The summed E-state index contributed by atoms with van der Waals surface area (Å²) in [4.78, 5) is 13.7. The summed E-state index contributed by atoms with van der Waals surface area (Å²) in [7, 11) is 0. The van der Waals surface area contributed by atoms with Gasteiger partial charge in [-0.3, -0.25) is 4.90 Å². The molecule has 0 aromatic carbocycles. The summed E-state index contributed by atoms with van der Waals surface area (Å²) in [6, 6.07) is 3.21. The molecule has 4 nitrogen and oxygen atoms in total. The summed E-state index contributed by atoms with van der Waals surface area (Å²) in [5.74, 6) is 5.62. The van der Waals surface area contributed by atoms with E-state index < -0.39 is 12.1 Å². The van der Waals surface area contributed by atoms with E-state index >= 15 is 0 Å². The molecule has 1 heterocycles. The maximum atomic E-state index is 11.5. The fraction of sp³-hybridized carbons (Fsp3) is 0.500. The fourth-order valence-electron chi connectivity index (χ4n) is 1.39. The average molecular weight is 249 g/mol. The fourth-order valence-corrected chi connectivity index (χ4v) is 1.39. The Morgan fingerprint density at radius 2 is 2.22 bits per heavy atom. The van der Waals surface area contributed by atoms with Gasteiger partial charge in [0.15, 0.2) is 6.10 Å². The lowest BCUT2D eigenvalue weighted by Gasteiger charge is -2.13. The summed E-state index contributed by atoms with van der Waals surface area (Å²) in [5, 5.41) is 0. The summed E-state index contributed by atoms with van der Waals surface area (Å²) >= 11 is 0. The molecule has 0 aliphatic carbocycles. The van der Waals surface area contributed by atoms with Gasteiger partial charge in [0.1, 0.15) is 0 Å². The van der Waals surface area contributed by atoms with Gasteiger partial charge in [-0.05, 0) is 32.1 Å². The van der Waals surface area contributed by atoms with Crippen molar-refractivity contribution in [3.8, 4) is 11.8 Å². The third-order valence-electron chi connectivity index (χ3n) is 2.51. The molecular weight excluding hydrogens is 230 g/mol. The van der Waals surface area contributed by atoms with E-state index in [1.54, 1.807) is 19.1 Å². The highest BCUT2D eigenvalue weighted by Gasteiger charge is 2.12. The summed E-state index contributed by atoms with van der Waals surface area (Å²) in [5.41, 5.74) is 0. The molecule has 1 aromatic heterocycles. The predicted molar refractivity (Wildman–Crippen MR) is 69.1 cm³/mol. The number of nitrogens with zero attached hydrogens (tertiary/aromatic N) is 1. The number of esters is 1. The van der Waals surface area contributed by atoms with Crippen LogP contribution in [0, 0.1) is 11.8 Å². The van der Waals surface area contributed by atoms with Gasteiger partial charge in [0.2, 0.25) is 5.76 Å². The molecule has 18 heavy (non-hydrogen) atoms. The molecule has 4 heteroatoms. The van der Waals surface area contributed by atoms with Crippen LogP contribution in [0.3, 0.4) is 0 Å². The molecule has 1 aromatic rings. The quantitative estimate of drug-likeness (QED) is 0.592. The Bertz CT molecular complexity index is 410. The molecule has 1 unspecified atom stereocenters. The van der Waals surface area contributed by atoms with Crippen LogP contribution in [0.5, 0.6) is 0 Å². The molecule has 0 radical (unpaired) electrons. The number of ether oxygens (including phenoxy) is 1. The van der Waals surface area contributed by atoms with Gasteiger partial charge < -0.3 is 9.15 Å². The van der Waals surface area contributed by atoms with Crippen molar-refractivity contribution >= 4 is 5.97 Å². The smallest absolute Gasteiger partial charge is 0.375 e. The molecule has 0 amide bonds. The monoisotopic (exact) mass is 249 g/mol. The van der Waals surface area contributed by atoms with Gasteiger partial charge in [0.25, 0.3) is 0 Å². The Morgan fingerprint density at radius 1 is 1.50 bits per heavy atom. The molecule has 0 N–H and O–H groups in total. The van der Waals surface area contributed by atoms with Crippen molar-refractivity contribution in [2.45, 2.75) is 26.9 Å². The lowest BCUT2D eigenvalue weighted by molar-refractivity contribution is 0.0402. The van der Waals surface area contributed by atoms with Crippen LogP contribution in [0.4, 0.5) is 0 Å². The minimum atomic E-state index is -0.482. The van der Waals surface area contributed by atoms with Crippen molar-refractivity contribution in [3.63, 3.8) is 0 Å². The van der Waals surface area contributed by atoms with Gasteiger partial charge in [0.05, 0.1) is 12.8 Å². The van der Waals surface area contributed by atoms with Crippen molar-refractivity contribution < 1.29 is 13.9 Å². The maximum absolute atomic E-state index is 11.5. The Labute approximate surface area is 108 Å². The van der Waals surface area contributed by atoms with Crippen molar-refractivity contribution in [2.75, 3.05) is 19.6 Å². The van der Waals surface area contributed by atoms with Crippen LogP contribution < -0.4 is 0 Å². The van der Waals surface area contributed by atoms with Crippen LogP contribution in [0.1, 0.15) is 31.3 Å². The topological polar surface area (TPSA) is 42.7 Å². The molecule has 1 atom stereocenters. The second-order valence-corrected chi connectivity index (χ2v) is 3.81. The molecule has 0 bridgehead atoms. The van der Waals surface area contributed by atoms with Crippen LogP contribution >= 0.6 is 0 Å². The number of carbonyl (C=O) groups is 1. The Hall–Kier alpha value is -1.73. The van der Waals surface area contributed by atoms with Gasteiger partial charge in [-0.25, -0.2) is 4.79 Å². The maximum Gasteiger partial charge on any atom is 0.375 e. The van der Waals surface area contributed by atoms with Crippen molar-refractivity contribution in [3.05, 3.63) is 24.2 Å². The molecule has 0 aliphatic heterocycles. The number of hydrogen-bond acceptors (Lipinski definition) is 4. The second-order valence-electron chi connectivity index (χ2n) is 3.81. The first-order valence-corrected chi connectivity index (χ1v) is 6.12. The van der Waals surface area contributed by atoms with Crippen molar-refractivity contribution in [1.29, 1.82) is 0 Å². The lowest BCUT2D eigenvalue weighted by Crippen LogP contribution is -2.23. The van der Waals surface area contributed by atoms with E-state index in [9.17, 15) is 4.79 Å². The van der Waals surface area contributed by atoms with E-state index in [-0.39, 0.29) is 5.76 Å². The van der Waals surface area contributed by atoms with Gasteiger partial charge in [-0.2, -0.15) is 0 Å². The normalized spacial score (nSPS) is 11.8. The summed E-state index contributed by atoms with van der Waals surface area (Å²) in [6.45, 7) is 8.54. The molecular formula is C14H19NO3. The number of furan rings is 1. The first kappa shape index (κ1) is 14.3. The largest absolute Gasteiger partial charge is 0.457 e. The van der Waals surface area contributed by atoms with Crippen molar-refractivity contribution in [1.82, 2.24) is 4.90 Å². The predicted octanol–water partition coefficient (Wildman–Crippen LogP) is 2.17. The van der Waals surface area contributed by atoms with Gasteiger partial charge in [0, 0.05) is 0 Å². The van der Waals surface area contributed by atoms with Crippen LogP contribution in [0.25, 0.3) is 0 Å². The average Bonchev–Trinajstić information content (AvgIpc) is 2.88. The Kier molecular flexibility index (Phi) is 6.03. The molecule has 0 fully saturated rings. The van der Waals surface area contributed by atoms with Crippen LogP contribution in [0.15, 0.2) is 22.8 Å². The SMILES string of the molecule is CCN(CC)CC#CC(C)OC(=O)c1ccco1. The molecule has 0 saturated carbocycles. The highest BCUT2D eigenvalue weighted by molar-refractivity contribution is 5.86. The van der Waals surface area contributed by atoms with E-state index in [4.69, 9.17) is 9.15 Å². The number of rotatable bonds is 5. The lowest BCUT2D eigenvalue weighted by atomic mass is 10.3. The van der Waals surface area contributed by atoms with Gasteiger partial charge in [-0.1, -0.05) is 25.7 Å².